The third kappa shape index (κ3) is 3.55. The third-order valence-electron chi connectivity index (χ3n) is 3.93. The van der Waals surface area contributed by atoms with E-state index in [0.717, 1.165) is 11.1 Å². The Kier molecular flexibility index (Phi) is 5.12. The molecule has 3 aromatic rings. The van der Waals surface area contributed by atoms with E-state index < -0.39 is 16.4 Å². The molecule has 4 heteroatoms. The van der Waals surface area contributed by atoms with Crippen molar-refractivity contribution in [2.75, 3.05) is 6.61 Å². The van der Waals surface area contributed by atoms with E-state index in [4.69, 9.17) is 0 Å². The smallest absolute Gasteiger partial charge is 0.205 e. The summed E-state index contributed by atoms with van der Waals surface area (Å²) in [4.78, 5) is 0.166. The average molecular weight is 350 g/mol. The molecule has 3 rings (SSSR count). The van der Waals surface area contributed by atoms with Crippen molar-refractivity contribution in [3.8, 4) is 0 Å². The molecule has 0 amide bonds. The molecule has 126 valence electrons. The summed E-state index contributed by atoms with van der Waals surface area (Å²) in [5.41, 5.74) is 2.02. The van der Waals surface area contributed by atoms with Crippen LogP contribution in [0.2, 0.25) is 0 Å². The highest BCUT2D eigenvalue weighted by Crippen LogP contribution is 2.32. The molecule has 3 nitrogen and oxygen atoms in total. The van der Waals surface area contributed by atoms with Crippen LogP contribution in [-0.2, 0) is 9.84 Å². The number of benzene rings is 3. The standard InChI is InChI=1S/C21H18O3S/c22-16-20(25(23,24)19-14-8-3-9-15-19)21(17-10-4-1-5-11-17)18-12-6-2-7-13-18/h1-15,22H,16H2. The quantitative estimate of drug-likeness (QED) is 0.759. The Morgan fingerprint density at radius 1 is 0.680 bits per heavy atom. The maximum Gasteiger partial charge on any atom is 0.205 e. The van der Waals surface area contributed by atoms with Gasteiger partial charge in [-0.15, -0.1) is 0 Å². The Bertz CT molecular complexity index is 920. The summed E-state index contributed by atoms with van der Waals surface area (Å²) in [7, 11) is -3.82. The Labute approximate surface area is 147 Å². The molecule has 0 saturated carbocycles. The molecule has 0 atom stereocenters. The normalized spacial score (nSPS) is 11.1. The van der Waals surface area contributed by atoms with Gasteiger partial charge in [-0.25, -0.2) is 8.42 Å². The van der Waals surface area contributed by atoms with Crippen molar-refractivity contribution in [1.82, 2.24) is 0 Å². The summed E-state index contributed by atoms with van der Waals surface area (Å²) in [5.74, 6) is 0. The molecular weight excluding hydrogens is 332 g/mol. The fourth-order valence-corrected chi connectivity index (χ4v) is 4.21. The van der Waals surface area contributed by atoms with Gasteiger partial charge in [0, 0.05) is 5.57 Å². The van der Waals surface area contributed by atoms with Crippen molar-refractivity contribution in [3.05, 3.63) is 107 Å². The number of aliphatic hydroxyl groups is 1. The molecule has 0 aliphatic rings. The number of hydrogen-bond donors (Lipinski definition) is 1. The molecule has 0 spiro atoms. The van der Waals surface area contributed by atoms with Gasteiger partial charge in [-0.3, -0.25) is 0 Å². The fourth-order valence-electron chi connectivity index (χ4n) is 2.74. The zero-order valence-electron chi connectivity index (χ0n) is 13.5. The van der Waals surface area contributed by atoms with Crippen LogP contribution < -0.4 is 0 Å². The molecular formula is C21H18O3S. The van der Waals surface area contributed by atoms with E-state index in [0.29, 0.717) is 5.57 Å². The molecule has 0 unspecified atom stereocenters. The van der Waals surface area contributed by atoms with E-state index >= 15 is 0 Å². The van der Waals surface area contributed by atoms with Gasteiger partial charge in [0.1, 0.15) is 0 Å². The molecule has 1 N–H and O–H groups in total. The predicted octanol–water partition coefficient (Wildman–Crippen LogP) is 3.91. The Hall–Kier alpha value is -2.69. The van der Waals surface area contributed by atoms with E-state index in [1.54, 1.807) is 30.3 Å². The first-order valence-electron chi connectivity index (χ1n) is 7.89. The van der Waals surface area contributed by atoms with Gasteiger partial charge in [-0.2, -0.15) is 0 Å². The number of sulfone groups is 1. The summed E-state index contributed by atoms with van der Waals surface area (Å²) < 4.78 is 26.3. The second-order valence-corrected chi connectivity index (χ2v) is 7.48. The molecule has 0 aliphatic heterocycles. The molecule has 0 aliphatic carbocycles. The molecule has 0 fully saturated rings. The van der Waals surface area contributed by atoms with Crippen molar-refractivity contribution in [2.24, 2.45) is 0 Å². The largest absolute Gasteiger partial charge is 0.391 e. The third-order valence-corrected chi connectivity index (χ3v) is 5.80. The number of aliphatic hydroxyl groups excluding tert-OH is 1. The summed E-state index contributed by atoms with van der Waals surface area (Å²) in [6.45, 7) is -0.573. The Morgan fingerprint density at radius 2 is 1.08 bits per heavy atom. The number of hydrogen-bond acceptors (Lipinski definition) is 3. The predicted molar refractivity (Wildman–Crippen MR) is 99.6 cm³/mol. The number of rotatable bonds is 5. The lowest BCUT2D eigenvalue weighted by atomic mass is 9.97. The first-order valence-corrected chi connectivity index (χ1v) is 9.38. The minimum atomic E-state index is -3.82. The molecule has 3 aromatic carbocycles. The molecule has 0 saturated heterocycles. The molecule has 0 bridgehead atoms. The van der Waals surface area contributed by atoms with E-state index in [1.165, 1.54) is 0 Å². The van der Waals surface area contributed by atoms with Gasteiger partial charge in [0.2, 0.25) is 9.84 Å². The van der Waals surface area contributed by atoms with Crippen LogP contribution >= 0.6 is 0 Å². The van der Waals surface area contributed by atoms with Crippen LogP contribution in [0.4, 0.5) is 0 Å². The second kappa shape index (κ2) is 7.47. The van der Waals surface area contributed by atoms with Gasteiger partial charge in [0.05, 0.1) is 16.4 Å². The molecule has 0 heterocycles. The highest BCUT2D eigenvalue weighted by molar-refractivity contribution is 7.95. The van der Waals surface area contributed by atoms with Crippen molar-refractivity contribution in [1.29, 1.82) is 0 Å². The zero-order chi connectivity index (χ0) is 17.7. The lowest BCUT2D eigenvalue weighted by Gasteiger charge is -2.15. The van der Waals surface area contributed by atoms with Crippen LogP contribution in [0.1, 0.15) is 11.1 Å². The van der Waals surface area contributed by atoms with E-state index in [-0.39, 0.29) is 9.80 Å². The fraction of sp³-hybridized carbons (Fsp3) is 0.0476. The maximum absolute atomic E-state index is 13.1. The van der Waals surface area contributed by atoms with Crippen LogP contribution in [0, 0.1) is 0 Å². The van der Waals surface area contributed by atoms with Crippen LogP contribution in [0.25, 0.3) is 5.57 Å². The Balaban J connectivity index is 2.32. The monoisotopic (exact) mass is 350 g/mol. The minimum Gasteiger partial charge on any atom is -0.391 e. The lowest BCUT2D eigenvalue weighted by molar-refractivity contribution is 0.338. The average Bonchev–Trinajstić information content (AvgIpc) is 2.68. The summed E-state index contributed by atoms with van der Waals surface area (Å²) in [6.07, 6.45) is 0. The first kappa shape index (κ1) is 17.1. The van der Waals surface area contributed by atoms with Gasteiger partial charge in [0.25, 0.3) is 0 Å². The van der Waals surface area contributed by atoms with Crippen molar-refractivity contribution >= 4 is 15.4 Å². The van der Waals surface area contributed by atoms with Gasteiger partial charge in [-0.1, -0.05) is 78.9 Å². The first-order chi connectivity index (χ1) is 12.1. The molecule has 0 radical (unpaired) electrons. The highest BCUT2D eigenvalue weighted by Gasteiger charge is 2.25. The van der Waals surface area contributed by atoms with Crippen LogP contribution in [0.5, 0.6) is 0 Å². The van der Waals surface area contributed by atoms with E-state index in [9.17, 15) is 13.5 Å². The summed E-state index contributed by atoms with van der Waals surface area (Å²) >= 11 is 0. The van der Waals surface area contributed by atoms with Gasteiger partial charge in [0.15, 0.2) is 0 Å². The zero-order valence-corrected chi connectivity index (χ0v) is 14.4. The van der Waals surface area contributed by atoms with Crippen LogP contribution in [-0.4, -0.2) is 20.1 Å². The summed E-state index contributed by atoms with van der Waals surface area (Å²) in [5, 5.41) is 9.98. The highest BCUT2D eigenvalue weighted by atomic mass is 32.2. The van der Waals surface area contributed by atoms with Crippen molar-refractivity contribution in [2.45, 2.75) is 4.90 Å². The van der Waals surface area contributed by atoms with Gasteiger partial charge in [-0.05, 0) is 23.3 Å². The van der Waals surface area contributed by atoms with Gasteiger partial charge < -0.3 is 5.11 Å². The topological polar surface area (TPSA) is 54.4 Å². The minimum absolute atomic E-state index is 0.00361. The van der Waals surface area contributed by atoms with Gasteiger partial charge >= 0.3 is 0 Å². The Morgan fingerprint density at radius 3 is 1.48 bits per heavy atom. The SMILES string of the molecule is O=S(=O)(C(CO)=C(c1ccccc1)c1ccccc1)c1ccccc1. The summed E-state index contributed by atoms with van der Waals surface area (Å²) in [6, 6.07) is 26.7. The van der Waals surface area contributed by atoms with E-state index in [1.807, 2.05) is 60.7 Å². The second-order valence-electron chi connectivity index (χ2n) is 5.50. The van der Waals surface area contributed by atoms with E-state index in [2.05, 4.69) is 0 Å². The maximum atomic E-state index is 13.1. The van der Waals surface area contributed by atoms with Crippen molar-refractivity contribution < 1.29 is 13.5 Å². The van der Waals surface area contributed by atoms with Crippen LogP contribution in [0.15, 0.2) is 101 Å². The lowest BCUT2D eigenvalue weighted by Crippen LogP contribution is -2.12. The molecule has 0 aromatic heterocycles. The van der Waals surface area contributed by atoms with Crippen molar-refractivity contribution in [3.63, 3.8) is 0 Å². The molecule has 25 heavy (non-hydrogen) atoms. The van der Waals surface area contributed by atoms with Crippen LogP contribution in [0.3, 0.4) is 0 Å².